The van der Waals surface area contributed by atoms with Crippen LogP contribution in [-0.2, 0) is 4.79 Å². The maximum atomic E-state index is 10.5. The van der Waals surface area contributed by atoms with Gasteiger partial charge >= 0.3 is 0 Å². The number of rotatable bonds is 4. The van der Waals surface area contributed by atoms with Gasteiger partial charge in [0.15, 0.2) is 0 Å². The second-order valence-corrected chi connectivity index (χ2v) is 7.25. The van der Waals surface area contributed by atoms with Crippen molar-refractivity contribution in [2.24, 2.45) is 5.41 Å². The molecule has 0 unspecified atom stereocenters. The summed E-state index contributed by atoms with van der Waals surface area (Å²) in [7, 11) is 0. The molecule has 0 N–H and O–H groups in total. The van der Waals surface area contributed by atoms with Gasteiger partial charge in [-0.2, -0.15) is 0 Å². The summed E-state index contributed by atoms with van der Waals surface area (Å²) in [4.78, 5) is 10.5. The Bertz CT molecular complexity index is 591. The van der Waals surface area contributed by atoms with Crippen LogP contribution in [0.2, 0.25) is 0 Å². The quantitative estimate of drug-likeness (QED) is 0.361. The van der Waals surface area contributed by atoms with E-state index in [1.165, 1.54) is 41.6 Å². The molecule has 118 valence electrons. The van der Waals surface area contributed by atoms with Gasteiger partial charge in [0.2, 0.25) is 0 Å². The molecule has 0 radical (unpaired) electrons. The number of carbonyl (C=O) groups is 1. The lowest BCUT2D eigenvalue weighted by Crippen LogP contribution is -2.19. The molecular weight excluding hydrogens is 268 g/mol. The lowest BCUT2D eigenvalue weighted by atomic mass is 9.72. The van der Waals surface area contributed by atoms with Crippen molar-refractivity contribution in [3.8, 4) is 0 Å². The van der Waals surface area contributed by atoms with Crippen molar-refractivity contribution < 1.29 is 4.79 Å². The van der Waals surface area contributed by atoms with Crippen molar-refractivity contribution in [1.82, 2.24) is 0 Å². The predicted octanol–water partition coefficient (Wildman–Crippen LogP) is 5.86. The van der Waals surface area contributed by atoms with Gasteiger partial charge in [-0.15, -0.1) is 0 Å². The largest absolute Gasteiger partial charge is 0.299 e. The summed E-state index contributed by atoms with van der Waals surface area (Å²) in [5, 5.41) is 0. The highest BCUT2D eigenvalue weighted by Crippen LogP contribution is 2.40. The van der Waals surface area contributed by atoms with Gasteiger partial charge in [-0.3, -0.25) is 4.79 Å². The highest BCUT2D eigenvalue weighted by molar-refractivity contribution is 5.68. The fourth-order valence-corrected chi connectivity index (χ4v) is 3.57. The lowest BCUT2D eigenvalue weighted by molar-refractivity contribution is -0.104. The van der Waals surface area contributed by atoms with Crippen LogP contribution >= 0.6 is 0 Å². The molecule has 22 heavy (non-hydrogen) atoms. The summed E-state index contributed by atoms with van der Waals surface area (Å²) in [6.07, 6.45) is 17.3. The van der Waals surface area contributed by atoms with E-state index in [1.54, 1.807) is 6.08 Å². The van der Waals surface area contributed by atoms with E-state index in [0.29, 0.717) is 5.41 Å². The van der Waals surface area contributed by atoms with Crippen LogP contribution in [0.3, 0.4) is 0 Å². The first kappa shape index (κ1) is 16.7. The maximum Gasteiger partial charge on any atom is 0.143 e. The third kappa shape index (κ3) is 4.19. The van der Waals surface area contributed by atoms with Crippen LogP contribution in [0.15, 0.2) is 58.2 Å². The topological polar surface area (TPSA) is 17.1 Å². The highest BCUT2D eigenvalue weighted by Gasteiger charge is 2.26. The first-order valence-corrected chi connectivity index (χ1v) is 8.34. The Labute approximate surface area is 135 Å². The van der Waals surface area contributed by atoms with E-state index in [2.05, 4.69) is 52.0 Å². The highest BCUT2D eigenvalue weighted by atomic mass is 16.1. The van der Waals surface area contributed by atoms with Crippen molar-refractivity contribution in [2.45, 2.75) is 59.8 Å². The molecule has 2 aliphatic rings. The van der Waals surface area contributed by atoms with Gasteiger partial charge in [-0.05, 0) is 74.2 Å². The van der Waals surface area contributed by atoms with Gasteiger partial charge in [0.1, 0.15) is 6.29 Å². The molecule has 0 heterocycles. The lowest BCUT2D eigenvalue weighted by Gasteiger charge is -2.32. The van der Waals surface area contributed by atoms with Crippen LogP contribution < -0.4 is 0 Å². The molecule has 0 saturated heterocycles. The zero-order chi connectivity index (χ0) is 16.2. The van der Waals surface area contributed by atoms with Crippen molar-refractivity contribution >= 4 is 6.29 Å². The molecular formula is C21H28O. The molecule has 0 aromatic rings. The van der Waals surface area contributed by atoms with Gasteiger partial charge in [-0.1, -0.05) is 49.3 Å². The molecule has 1 nitrogen and oxygen atoms in total. The number of hydrogen-bond donors (Lipinski definition) is 0. The summed E-state index contributed by atoms with van der Waals surface area (Å²) in [6, 6.07) is 0. The van der Waals surface area contributed by atoms with Gasteiger partial charge in [0.25, 0.3) is 0 Å². The van der Waals surface area contributed by atoms with Crippen LogP contribution in [0.25, 0.3) is 0 Å². The molecule has 2 rings (SSSR count). The molecule has 2 aliphatic carbocycles. The third-order valence-electron chi connectivity index (χ3n) is 4.82. The summed E-state index contributed by atoms with van der Waals surface area (Å²) >= 11 is 0. The van der Waals surface area contributed by atoms with Gasteiger partial charge in [0.05, 0.1) is 0 Å². The van der Waals surface area contributed by atoms with Gasteiger partial charge in [0, 0.05) is 0 Å². The summed E-state index contributed by atoms with van der Waals surface area (Å²) in [5.74, 6) is 0. The average Bonchev–Trinajstić information content (AvgIpc) is 2.85. The van der Waals surface area contributed by atoms with E-state index in [1.807, 2.05) is 0 Å². The Morgan fingerprint density at radius 1 is 1.23 bits per heavy atom. The van der Waals surface area contributed by atoms with E-state index in [-0.39, 0.29) is 0 Å². The molecule has 0 bridgehead atoms. The first-order valence-electron chi connectivity index (χ1n) is 8.34. The molecule has 0 amide bonds. The second-order valence-electron chi connectivity index (χ2n) is 7.25. The van der Waals surface area contributed by atoms with Gasteiger partial charge in [-0.25, -0.2) is 0 Å². The predicted molar refractivity (Wildman–Crippen MR) is 94.7 cm³/mol. The summed E-state index contributed by atoms with van der Waals surface area (Å²) < 4.78 is 0. The maximum absolute atomic E-state index is 10.5. The molecule has 0 aromatic heterocycles. The normalized spacial score (nSPS) is 24.3. The zero-order valence-electron chi connectivity index (χ0n) is 14.4. The fraction of sp³-hybridized carbons (Fsp3) is 0.476. The Balaban J connectivity index is 2.13. The Morgan fingerprint density at radius 3 is 2.68 bits per heavy atom. The Morgan fingerprint density at radius 2 is 2.00 bits per heavy atom. The Hall–Kier alpha value is -1.63. The van der Waals surface area contributed by atoms with E-state index < -0.39 is 0 Å². The van der Waals surface area contributed by atoms with E-state index in [4.69, 9.17) is 0 Å². The van der Waals surface area contributed by atoms with Gasteiger partial charge < -0.3 is 0 Å². The van der Waals surface area contributed by atoms with Crippen LogP contribution in [0, 0.1) is 5.41 Å². The SMILES string of the molecule is CC1=C(/C=C/C(C)=C\C2=CC(=C/C=O)/CC2)C(C)(C)CCC1. The van der Waals surface area contributed by atoms with E-state index >= 15 is 0 Å². The molecule has 0 saturated carbocycles. The second kappa shape index (κ2) is 7.09. The first-order chi connectivity index (χ1) is 10.4. The van der Waals surface area contributed by atoms with Crippen molar-refractivity contribution in [2.75, 3.05) is 0 Å². The molecule has 1 heteroatoms. The van der Waals surface area contributed by atoms with Crippen molar-refractivity contribution in [1.29, 1.82) is 0 Å². The zero-order valence-corrected chi connectivity index (χ0v) is 14.4. The number of allylic oxidation sites excluding steroid dienone is 10. The van der Waals surface area contributed by atoms with Crippen molar-refractivity contribution in [3.63, 3.8) is 0 Å². The third-order valence-corrected chi connectivity index (χ3v) is 4.82. The Kier molecular flexibility index (Phi) is 5.39. The molecule has 0 spiro atoms. The molecule has 0 aromatic carbocycles. The van der Waals surface area contributed by atoms with Crippen molar-refractivity contribution in [3.05, 3.63) is 58.2 Å². The van der Waals surface area contributed by atoms with Crippen LogP contribution in [-0.4, -0.2) is 6.29 Å². The minimum Gasteiger partial charge on any atom is -0.299 e. The molecule has 0 fully saturated rings. The summed E-state index contributed by atoms with van der Waals surface area (Å²) in [5.41, 5.74) is 7.09. The number of hydrogen-bond acceptors (Lipinski definition) is 1. The van der Waals surface area contributed by atoms with E-state index in [9.17, 15) is 4.79 Å². The standard InChI is InChI=1S/C21H28O/c1-16(14-19-9-8-18(15-19)11-13-22)7-10-20-17(2)6-5-12-21(20,3)4/h7,10-11,13-15H,5-6,8-9,12H2,1-4H3/b10-7+,16-14-,18-11+. The molecule has 0 atom stereocenters. The van der Waals surface area contributed by atoms with Crippen LogP contribution in [0.1, 0.15) is 59.8 Å². The minimum absolute atomic E-state index is 0.297. The van der Waals surface area contributed by atoms with Crippen LogP contribution in [0.5, 0.6) is 0 Å². The van der Waals surface area contributed by atoms with E-state index in [0.717, 1.165) is 24.7 Å². The number of aldehydes is 1. The summed E-state index contributed by atoms with van der Waals surface area (Å²) in [6.45, 7) is 9.13. The fourth-order valence-electron chi connectivity index (χ4n) is 3.57. The average molecular weight is 296 g/mol. The molecule has 0 aliphatic heterocycles. The number of carbonyl (C=O) groups excluding carboxylic acids is 1. The van der Waals surface area contributed by atoms with Crippen LogP contribution in [0.4, 0.5) is 0 Å². The minimum atomic E-state index is 0.297. The monoisotopic (exact) mass is 296 g/mol. The smallest absolute Gasteiger partial charge is 0.143 e.